The van der Waals surface area contributed by atoms with E-state index >= 15 is 0 Å². The summed E-state index contributed by atoms with van der Waals surface area (Å²) in [6, 6.07) is 6.03. The molecule has 0 spiro atoms. The Balaban J connectivity index is 1.71. The highest BCUT2D eigenvalue weighted by Crippen LogP contribution is 2.12. The molecule has 0 saturated carbocycles. The first-order chi connectivity index (χ1) is 10.3. The van der Waals surface area contributed by atoms with E-state index in [4.69, 9.17) is 0 Å². The summed E-state index contributed by atoms with van der Waals surface area (Å²) in [6.07, 6.45) is 6.90. The SMILES string of the molecule is CCCn1cncc1CNC(C)c1nnc2ccccn12. The van der Waals surface area contributed by atoms with Crippen molar-refractivity contribution in [2.45, 2.75) is 39.4 Å². The molecule has 1 unspecified atom stereocenters. The molecule has 6 nitrogen and oxygen atoms in total. The fourth-order valence-electron chi connectivity index (χ4n) is 2.44. The first-order valence-corrected chi connectivity index (χ1v) is 7.31. The fourth-order valence-corrected chi connectivity index (χ4v) is 2.44. The number of nitrogens with one attached hydrogen (secondary N) is 1. The zero-order chi connectivity index (χ0) is 14.7. The van der Waals surface area contributed by atoms with Gasteiger partial charge in [-0.1, -0.05) is 13.0 Å². The predicted molar refractivity (Wildman–Crippen MR) is 80.8 cm³/mol. The van der Waals surface area contributed by atoms with Crippen LogP contribution in [0.15, 0.2) is 36.9 Å². The maximum absolute atomic E-state index is 4.28. The van der Waals surface area contributed by atoms with Crippen molar-refractivity contribution >= 4 is 5.65 Å². The van der Waals surface area contributed by atoms with E-state index in [1.807, 2.05) is 41.3 Å². The van der Waals surface area contributed by atoms with Crippen molar-refractivity contribution in [2.75, 3.05) is 0 Å². The van der Waals surface area contributed by atoms with Gasteiger partial charge in [-0.25, -0.2) is 4.98 Å². The molecule has 1 N–H and O–H groups in total. The molecular weight excluding hydrogens is 264 g/mol. The van der Waals surface area contributed by atoms with Crippen molar-refractivity contribution in [2.24, 2.45) is 0 Å². The lowest BCUT2D eigenvalue weighted by atomic mass is 10.3. The second-order valence-electron chi connectivity index (χ2n) is 5.17. The van der Waals surface area contributed by atoms with Crippen LogP contribution in [0.5, 0.6) is 0 Å². The molecule has 3 heterocycles. The normalized spacial score (nSPS) is 12.9. The minimum Gasteiger partial charge on any atom is -0.333 e. The molecule has 0 bridgehead atoms. The maximum Gasteiger partial charge on any atom is 0.160 e. The second kappa shape index (κ2) is 6.05. The predicted octanol–water partition coefficient (Wildman–Crippen LogP) is 2.19. The van der Waals surface area contributed by atoms with Crippen LogP contribution < -0.4 is 5.32 Å². The molecule has 3 rings (SSSR count). The lowest BCUT2D eigenvalue weighted by molar-refractivity contribution is 0.518. The van der Waals surface area contributed by atoms with Gasteiger partial charge in [-0.15, -0.1) is 10.2 Å². The lowest BCUT2D eigenvalue weighted by Gasteiger charge is -2.13. The summed E-state index contributed by atoms with van der Waals surface area (Å²) in [4.78, 5) is 4.22. The van der Waals surface area contributed by atoms with Crippen molar-refractivity contribution in [3.8, 4) is 0 Å². The van der Waals surface area contributed by atoms with Gasteiger partial charge in [0.2, 0.25) is 0 Å². The van der Waals surface area contributed by atoms with E-state index in [1.165, 1.54) is 5.69 Å². The number of aryl methyl sites for hydroxylation is 1. The highest BCUT2D eigenvalue weighted by molar-refractivity contribution is 5.37. The van der Waals surface area contributed by atoms with Gasteiger partial charge < -0.3 is 9.88 Å². The molecule has 0 amide bonds. The third-order valence-electron chi connectivity index (χ3n) is 3.58. The highest BCUT2D eigenvalue weighted by atomic mass is 15.3. The van der Waals surface area contributed by atoms with Gasteiger partial charge >= 0.3 is 0 Å². The first kappa shape index (κ1) is 13.8. The van der Waals surface area contributed by atoms with Crippen LogP contribution in [0.3, 0.4) is 0 Å². The molecule has 0 aliphatic rings. The molecule has 0 aliphatic carbocycles. The third kappa shape index (κ3) is 2.80. The third-order valence-corrected chi connectivity index (χ3v) is 3.58. The largest absolute Gasteiger partial charge is 0.333 e. The van der Waals surface area contributed by atoms with Gasteiger partial charge in [0.1, 0.15) is 0 Å². The number of rotatable bonds is 6. The number of hydrogen-bond donors (Lipinski definition) is 1. The Hall–Kier alpha value is -2.21. The topological polar surface area (TPSA) is 60.0 Å². The average molecular weight is 284 g/mol. The Morgan fingerprint density at radius 2 is 2.19 bits per heavy atom. The average Bonchev–Trinajstić information content (AvgIpc) is 3.12. The van der Waals surface area contributed by atoms with E-state index in [9.17, 15) is 0 Å². The fraction of sp³-hybridized carbons (Fsp3) is 0.400. The molecule has 0 fully saturated rings. The van der Waals surface area contributed by atoms with E-state index < -0.39 is 0 Å². The number of aromatic nitrogens is 5. The molecule has 3 aromatic heterocycles. The smallest absolute Gasteiger partial charge is 0.160 e. The summed E-state index contributed by atoms with van der Waals surface area (Å²) >= 11 is 0. The van der Waals surface area contributed by atoms with Gasteiger partial charge in [-0.3, -0.25) is 4.40 Å². The van der Waals surface area contributed by atoms with E-state index in [0.29, 0.717) is 0 Å². The van der Waals surface area contributed by atoms with Gasteiger partial charge in [-0.2, -0.15) is 0 Å². The van der Waals surface area contributed by atoms with E-state index in [0.717, 1.165) is 31.0 Å². The van der Waals surface area contributed by atoms with Crippen LogP contribution in [-0.2, 0) is 13.1 Å². The van der Waals surface area contributed by atoms with Crippen LogP contribution in [0.2, 0.25) is 0 Å². The van der Waals surface area contributed by atoms with Gasteiger partial charge in [-0.05, 0) is 25.5 Å². The standard InChI is InChI=1S/C15H20N6/c1-3-7-20-11-16-9-13(20)10-17-12(2)15-19-18-14-6-4-5-8-21(14)15/h4-6,8-9,11-12,17H,3,7,10H2,1-2H3. The van der Waals surface area contributed by atoms with Crippen LogP contribution in [0.25, 0.3) is 5.65 Å². The summed E-state index contributed by atoms with van der Waals surface area (Å²) in [7, 11) is 0. The summed E-state index contributed by atoms with van der Waals surface area (Å²) in [5, 5.41) is 12.0. The molecule has 0 aromatic carbocycles. The van der Waals surface area contributed by atoms with Crippen LogP contribution in [-0.4, -0.2) is 24.1 Å². The Morgan fingerprint density at radius 1 is 1.29 bits per heavy atom. The molecule has 1 atom stereocenters. The summed E-state index contributed by atoms with van der Waals surface area (Å²) < 4.78 is 4.20. The van der Waals surface area contributed by atoms with Crippen molar-refractivity contribution < 1.29 is 0 Å². The van der Waals surface area contributed by atoms with Crippen LogP contribution in [0.1, 0.15) is 37.8 Å². The molecule has 3 aromatic rings. The highest BCUT2D eigenvalue weighted by Gasteiger charge is 2.13. The number of imidazole rings is 1. The molecule has 0 radical (unpaired) electrons. The second-order valence-corrected chi connectivity index (χ2v) is 5.17. The minimum atomic E-state index is 0.118. The van der Waals surface area contributed by atoms with Crippen molar-refractivity contribution in [1.29, 1.82) is 0 Å². The van der Waals surface area contributed by atoms with Gasteiger partial charge in [0, 0.05) is 25.5 Å². The van der Waals surface area contributed by atoms with Crippen molar-refractivity contribution in [1.82, 2.24) is 29.5 Å². The Morgan fingerprint density at radius 3 is 3.05 bits per heavy atom. The lowest BCUT2D eigenvalue weighted by Crippen LogP contribution is -2.22. The van der Waals surface area contributed by atoms with Crippen LogP contribution in [0.4, 0.5) is 0 Å². The van der Waals surface area contributed by atoms with Crippen LogP contribution >= 0.6 is 0 Å². The minimum absolute atomic E-state index is 0.118. The van der Waals surface area contributed by atoms with E-state index in [1.54, 1.807) is 0 Å². The number of fused-ring (bicyclic) bond motifs is 1. The molecule has 6 heteroatoms. The molecule has 0 saturated heterocycles. The maximum atomic E-state index is 4.28. The number of nitrogens with zero attached hydrogens (tertiary/aromatic N) is 5. The van der Waals surface area contributed by atoms with Gasteiger partial charge in [0.25, 0.3) is 0 Å². The summed E-state index contributed by atoms with van der Waals surface area (Å²) in [5.74, 6) is 0.923. The number of hydrogen-bond acceptors (Lipinski definition) is 4. The number of pyridine rings is 1. The van der Waals surface area contributed by atoms with Crippen molar-refractivity contribution in [3.63, 3.8) is 0 Å². The molecular formula is C15H20N6. The zero-order valence-corrected chi connectivity index (χ0v) is 12.4. The Kier molecular flexibility index (Phi) is 3.96. The quantitative estimate of drug-likeness (QED) is 0.753. The molecule has 21 heavy (non-hydrogen) atoms. The van der Waals surface area contributed by atoms with E-state index in [2.05, 4.69) is 38.9 Å². The molecule has 0 aliphatic heterocycles. The van der Waals surface area contributed by atoms with Gasteiger partial charge in [0.05, 0.1) is 18.1 Å². The van der Waals surface area contributed by atoms with Crippen molar-refractivity contribution in [3.05, 3.63) is 48.4 Å². The zero-order valence-electron chi connectivity index (χ0n) is 12.4. The Bertz CT molecular complexity index is 714. The van der Waals surface area contributed by atoms with E-state index in [-0.39, 0.29) is 6.04 Å². The molecule has 110 valence electrons. The monoisotopic (exact) mass is 284 g/mol. The Labute approximate surface area is 123 Å². The van der Waals surface area contributed by atoms with Crippen LogP contribution in [0, 0.1) is 0 Å². The van der Waals surface area contributed by atoms with Gasteiger partial charge in [0.15, 0.2) is 11.5 Å². The summed E-state index contributed by atoms with van der Waals surface area (Å²) in [6.45, 7) is 6.04. The summed E-state index contributed by atoms with van der Waals surface area (Å²) in [5.41, 5.74) is 2.06. The first-order valence-electron chi connectivity index (χ1n) is 7.31.